The normalized spacial score (nSPS) is 10.2. The molecule has 0 bridgehead atoms. The molecular formula is C11H16ClN3O. The predicted molar refractivity (Wildman–Crippen MR) is 66.4 cm³/mol. The fraction of sp³-hybridized carbons (Fsp3) is 0.364. The zero-order valence-corrected chi connectivity index (χ0v) is 10.00. The van der Waals surface area contributed by atoms with Crippen LogP contribution in [0.2, 0.25) is 5.02 Å². The summed E-state index contributed by atoms with van der Waals surface area (Å²) in [5.74, 6) is -0.371. The van der Waals surface area contributed by atoms with Crippen molar-refractivity contribution >= 4 is 23.2 Å². The molecule has 0 heterocycles. The minimum atomic E-state index is -0.371. The van der Waals surface area contributed by atoms with Crippen molar-refractivity contribution in [2.75, 3.05) is 18.0 Å². The third kappa shape index (κ3) is 3.12. The number of benzene rings is 1. The van der Waals surface area contributed by atoms with Gasteiger partial charge < -0.3 is 16.4 Å². The second kappa shape index (κ2) is 5.72. The van der Waals surface area contributed by atoms with Gasteiger partial charge in [0.05, 0.1) is 6.54 Å². The summed E-state index contributed by atoms with van der Waals surface area (Å²) in [5.41, 5.74) is 12.7. The number of hydrogen-bond acceptors (Lipinski definition) is 3. The summed E-state index contributed by atoms with van der Waals surface area (Å²) < 4.78 is 0. The van der Waals surface area contributed by atoms with Crippen molar-refractivity contribution in [1.29, 1.82) is 0 Å². The number of halogens is 1. The molecule has 88 valence electrons. The maximum atomic E-state index is 10.9. The molecule has 0 aliphatic heterocycles. The Kier molecular flexibility index (Phi) is 4.58. The van der Waals surface area contributed by atoms with Crippen molar-refractivity contribution in [3.8, 4) is 0 Å². The molecule has 0 aliphatic carbocycles. The average molecular weight is 242 g/mol. The Labute approximate surface area is 100 Å². The SMILES string of the molecule is CCN(CC(N)=O)c1cc(Cl)ccc1CN. The third-order valence-corrected chi connectivity index (χ3v) is 2.57. The van der Waals surface area contributed by atoms with E-state index in [0.717, 1.165) is 11.3 Å². The molecule has 1 aromatic rings. The van der Waals surface area contributed by atoms with Crippen LogP contribution < -0.4 is 16.4 Å². The van der Waals surface area contributed by atoms with Gasteiger partial charge in [-0.05, 0) is 24.6 Å². The van der Waals surface area contributed by atoms with E-state index in [1.807, 2.05) is 17.9 Å². The van der Waals surface area contributed by atoms with E-state index in [4.69, 9.17) is 23.1 Å². The third-order valence-electron chi connectivity index (χ3n) is 2.34. The standard InChI is InChI=1S/C11H16ClN3O/c1-2-15(7-11(14)16)10-5-9(12)4-3-8(10)6-13/h3-5H,2,6-7,13H2,1H3,(H2,14,16). The lowest BCUT2D eigenvalue weighted by molar-refractivity contribution is -0.116. The van der Waals surface area contributed by atoms with Crippen LogP contribution in [0.15, 0.2) is 18.2 Å². The van der Waals surface area contributed by atoms with E-state index in [-0.39, 0.29) is 12.5 Å². The summed E-state index contributed by atoms with van der Waals surface area (Å²) >= 11 is 5.93. The van der Waals surface area contributed by atoms with E-state index in [0.29, 0.717) is 18.1 Å². The van der Waals surface area contributed by atoms with Gasteiger partial charge in [-0.1, -0.05) is 17.7 Å². The van der Waals surface area contributed by atoms with Gasteiger partial charge in [0.2, 0.25) is 5.91 Å². The van der Waals surface area contributed by atoms with Crippen LogP contribution in [0.3, 0.4) is 0 Å². The Balaban J connectivity index is 3.06. The van der Waals surface area contributed by atoms with Gasteiger partial charge in [0.25, 0.3) is 0 Å². The fourth-order valence-electron chi connectivity index (χ4n) is 1.56. The van der Waals surface area contributed by atoms with Gasteiger partial charge in [-0.15, -0.1) is 0 Å². The second-order valence-corrected chi connectivity index (χ2v) is 3.89. The molecule has 5 heteroatoms. The highest BCUT2D eigenvalue weighted by atomic mass is 35.5. The second-order valence-electron chi connectivity index (χ2n) is 3.46. The highest BCUT2D eigenvalue weighted by Gasteiger charge is 2.11. The summed E-state index contributed by atoms with van der Waals surface area (Å²) in [6.07, 6.45) is 0. The number of rotatable bonds is 5. The first kappa shape index (κ1) is 12.8. The highest BCUT2D eigenvalue weighted by Crippen LogP contribution is 2.24. The lowest BCUT2D eigenvalue weighted by atomic mass is 10.1. The number of primary amides is 1. The molecule has 0 spiro atoms. The van der Waals surface area contributed by atoms with Crippen molar-refractivity contribution in [2.45, 2.75) is 13.5 Å². The molecule has 0 unspecified atom stereocenters. The van der Waals surface area contributed by atoms with Gasteiger partial charge in [0.1, 0.15) is 0 Å². The minimum absolute atomic E-state index is 0.170. The molecule has 0 saturated carbocycles. The van der Waals surface area contributed by atoms with E-state index in [9.17, 15) is 4.79 Å². The van der Waals surface area contributed by atoms with Gasteiger partial charge in [0.15, 0.2) is 0 Å². The van der Waals surface area contributed by atoms with Gasteiger partial charge >= 0.3 is 0 Å². The quantitative estimate of drug-likeness (QED) is 0.811. The predicted octanol–water partition coefficient (Wildman–Crippen LogP) is 1.11. The molecule has 0 fully saturated rings. The number of nitrogens with zero attached hydrogens (tertiary/aromatic N) is 1. The van der Waals surface area contributed by atoms with Crippen LogP contribution in [0.25, 0.3) is 0 Å². The Morgan fingerprint density at radius 1 is 1.50 bits per heavy atom. The molecule has 1 aromatic carbocycles. The molecule has 0 atom stereocenters. The van der Waals surface area contributed by atoms with Gasteiger partial charge in [0, 0.05) is 23.8 Å². The Morgan fingerprint density at radius 2 is 2.19 bits per heavy atom. The van der Waals surface area contributed by atoms with E-state index in [2.05, 4.69) is 0 Å². The number of carbonyl (C=O) groups is 1. The number of amides is 1. The lowest BCUT2D eigenvalue weighted by Gasteiger charge is -2.24. The van der Waals surface area contributed by atoms with Crippen molar-refractivity contribution in [1.82, 2.24) is 0 Å². The van der Waals surface area contributed by atoms with Crippen LogP contribution in [-0.4, -0.2) is 19.0 Å². The molecule has 0 radical (unpaired) electrons. The zero-order valence-electron chi connectivity index (χ0n) is 9.24. The van der Waals surface area contributed by atoms with Gasteiger partial charge in [-0.3, -0.25) is 4.79 Å². The summed E-state index contributed by atoms with van der Waals surface area (Å²) in [6, 6.07) is 5.45. The monoisotopic (exact) mass is 241 g/mol. The number of likely N-dealkylation sites (N-methyl/N-ethyl adjacent to an activating group) is 1. The Bertz CT molecular complexity index is 381. The van der Waals surface area contributed by atoms with Gasteiger partial charge in [-0.25, -0.2) is 0 Å². The number of hydrogen-bond donors (Lipinski definition) is 2. The number of anilines is 1. The molecule has 1 rings (SSSR count). The number of nitrogens with two attached hydrogens (primary N) is 2. The van der Waals surface area contributed by atoms with Crippen LogP contribution in [0.5, 0.6) is 0 Å². The van der Waals surface area contributed by atoms with Crippen LogP contribution in [0, 0.1) is 0 Å². The van der Waals surface area contributed by atoms with E-state index in [1.54, 1.807) is 12.1 Å². The smallest absolute Gasteiger partial charge is 0.236 e. The van der Waals surface area contributed by atoms with Gasteiger partial charge in [-0.2, -0.15) is 0 Å². The van der Waals surface area contributed by atoms with Crippen LogP contribution in [0.1, 0.15) is 12.5 Å². The van der Waals surface area contributed by atoms with E-state index >= 15 is 0 Å². The summed E-state index contributed by atoms with van der Waals surface area (Å²) in [7, 11) is 0. The first-order valence-corrected chi connectivity index (χ1v) is 5.48. The average Bonchev–Trinajstić information content (AvgIpc) is 2.25. The molecule has 0 saturated heterocycles. The summed E-state index contributed by atoms with van der Waals surface area (Å²) in [4.78, 5) is 12.8. The van der Waals surface area contributed by atoms with Crippen LogP contribution in [0.4, 0.5) is 5.69 Å². The molecular weight excluding hydrogens is 226 g/mol. The first-order chi connectivity index (χ1) is 7.58. The Hall–Kier alpha value is -1.26. The molecule has 4 nitrogen and oxygen atoms in total. The maximum Gasteiger partial charge on any atom is 0.236 e. The highest BCUT2D eigenvalue weighted by molar-refractivity contribution is 6.30. The Morgan fingerprint density at radius 3 is 2.69 bits per heavy atom. The van der Waals surface area contributed by atoms with Crippen LogP contribution >= 0.6 is 11.6 Å². The maximum absolute atomic E-state index is 10.9. The topological polar surface area (TPSA) is 72.3 Å². The van der Waals surface area contributed by atoms with Crippen molar-refractivity contribution < 1.29 is 4.79 Å². The van der Waals surface area contributed by atoms with E-state index in [1.165, 1.54) is 0 Å². The van der Waals surface area contributed by atoms with Crippen molar-refractivity contribution in [3.05, 3.63) is 28.8 Å². The molecule has 16 heavy (non-hydrogen) atoms. The fourth-order valence-corrected chi connectivity index (χ4v) is 1.73. The molecule has 0 aromatic heterocycles. The van der Waals surface area contributed by atoms with Crippen molar-refractivity contribution in [2.24, 2.45) is 11.5 Å². The van der Waals surface area contributed by atoms with Crippen LogP contribution in [-0.2, 0) is 11.3 Å². The molecule has 0 aliphatic rings. The van der Waals surface area contributed by atoms with Crippen molar-refractivity contribution in [3.63, 3.8) is 0 Å². The molecule has 4 N–H and O–H groups in total. The van der Waals surface area contributed by atoms with E-state index < -0.39 is 0 Å². The summed E-state index contributed by atoms with van der Waals surface area (Å²) in [6.45, 7) is 3.20. The number of carbonyl (C=O) groups excluding carboxylic acids is 1. The first-order valence-electron chi connectivity index (χ1n) is 5.10. The lowest BCUT2D eigenvalue weighted by Crippen LogP contribution is -2.34. The summed E-state index contributed by atoms with van der Waals surface area (Å²) in [5, 5.41) is 0.620. The largest absolute Gasteiger partial charge is 0.368 e. The minimum Gasteiger partial charge on any atom is -0.368 e. The zero-order chi connectivity index (χ0) is 12.1. The molecule has 1 amide bonds.